The predicted octanol–water partition coefficient (Wildman–Crippen LogP) is 4.42. The number of nitrogens with one attached hydrogen (secondary N) is 1. The van der Waals surface area contributed by atoms with Crippen molar-refractivity contribution < 1.29 is 0 Å². The maximum atomic E-state index is 4.73. The molecule has 2 heterocycles. The number of anilines is 1. The molecule has 0 unspecified atom stereocenters. The summed E-state index contributed by atoms with van der Waals surface area (Å²) in [6.45, 7) is 0. The number of fused-ring (bicyclic) bond motifs is 1. The number of hydrogen-bond donors (Lipinski definition) is 1. The molecule has 2 atom stereocenters. The summed E-state index contributed by atoms with van der Waals surface area (Å²) in [6.07, 6.45) is 10.1. The van der Waals surface area contributed by atoms with Crippen LogP contribution in [0, 0.1) is 0 Å². The lowest BCUT2D eigenvalue weighted by Crippen LogP contribution is -2.35. The van der Waals surface area contributed by atoms with E-state index < -0.39 is 0 Å². The van der Waals surface area contributed by atoms with Crippen molar-refractivity contribution in [3.05, 3.63) is 91.0 Å². The molecule has 0 fully saturated rings. The van der Waals surface area contributed by atoms with Crippen LogP contribution in [-0.4, -0.2) is 46.0 Å². The van der Waals surface area contributed by atoms with Crippen LogP contribution >= 0.6 is 0 Å². The van der Waals surface area contributed by atoms with Crippen LogP contribution in [0.4, 0.5) is 5.95 Å². The van der Waals surface area contributed by atoms with Crippen molar-refractivity contribution >= 4 is 18.0 Å². The summed E-state index contributed by atoms with van der Waals surface area (Å²) in [4.78, 5) is 16.2. The third-order valence-corrected chi connectivity index (χ3v) is 5.38. The van der Waals surface area contributed by atoms with Gasteiger partial charge in [-0.15, -0.1) is 0 Å². The Morgan fingerprint density at radius 1 is 0.871 bits per heavy atom. The number of allylic oxidation sites excluding steroid dienone is 2. The van der Waals surface area contributed by atoms with Gasteiger partial charge in [0.15, 0.2) is 0 Å². The number of aliphatic imine (C=N–C) groups is 1. The van der Waals surface area contributed by atoms with Gasteiger partial charge in [-0.25, -0.2) is 15.4 Å². The molecule has 2 aliphatic rings. The van der Waals surface area contributed by atoms with E-state index in [2.05, 4.69) is 43.6 Å². The molecule has 1 aliphatic carbocycles. The van der Waals surface area contributed by atoms with Gasteiger partial charge < -0.3 is 4.90 Å². The molecule has 0 saturated carbocycles. The zero-order valence-electron chi connectivity index (χ0n) is 17.1. The van der Waals surface area contributed by atoms with E-state index in [4.69, 9.17) is 4.99 Å². The number of hydrogen-bond acceptors (Lipinski definition) is 6. The molecule has 152 valence electrons. The molecule has 3 aromatic rings. The Bertz CT molecular complexity index is 1120. The molecule has 31 heavy (non-hydrogen) atoms. The second kappa shape index (κ2) is 8.36. The van der Waals surface area contributed by atoms with Crippen LogP contribution in [0.3, 0.4) is 0 Å². The van der Waals surface area contributed by atoms with E-state index >= 15 is 0 Å². The van der Waals surface area contributed by atoms with Crippen LogP contribution in [0.2, 0.25) is 0 Å². The Kier molecular flexibility index (Phi) is 5.10. The molecule has 6 heteroatoms. The zero-order chi connectivity index (χ0) is 21.0. The van der Waals surface area contributed by atoms with Crippen molar-refractivity contribution in [2.24, 2.45) is 10.1 Å². The summed E-state index contributed by atoms with van der Waals surface area (Å²) in [7, 11) is 2.03. The molecular weight excluding hydrogens is 384 g/mol. The summed E-state index contributed by atoms with van der Waals surface area (Å²) >= 11 is 0. The Morgan fingerprint density at radius 2 is 1.48 bits per heavy atom. The molecule has 5 rings (SSSR count). The summed E-state index contributed by atoms with van der Waals surface area (Å²) in [5.41, 5.74) is 6.72. The molecule has 0 radical (unpaired) electrons. The van der Waals surface area contributed by atoms with Gasteiger partial charge in [0.05, 0.1) is 29.7 Å². The number of amidine groups is 1. The molecule has 1 aliphatic heterocycles. The van der Waals surface area contributed by atoms with Gasteiger partial charge in [-0.05, 0) is 6.07 Å². The predicted molar refractivity (Wildman–Crippen MR) is 126 cm³/mol. The fourth-order valence-electron chi connectivity index (χ4n) is 3.74. The summed E-state index contributed by atoms with van der Waals surface area (Å²) in [5, 5.41) is 4.38. The lowest BCUT2D eigenvalue weighted by molar-refractivity contribution is 0.440. The maximum Gasteiger partial charge on any atom is 0.244 e. The second-order valence-electron chi connectivity index (χ2n) is 7.41. The van der Waals surface area contributed by atoms with E-state index in [9.17, 15) is 0 Å². The molecule has 0 saturated heterocycles. The topological polar surface area (TPSA) is 65.8 Å². The quantitative estimate of drug-likeness (QED) is 0.503. The first-order valence-corrected chi connectivity index (χ1v) is 10.2. The third kappa shape index (κ3) is 4.00. The molecule has 0 bridgehead atoms. The Balaban J connectivity index is 1.43. The number of hydrazone groups is 1. The number of benzene rings is 2. The largest absolute Gasteiger partial charge is 0.350 e. The van der Waals surface area contributed by atoms with Crippen molar-refractivity contribution in [2.75, 3.05) is 12.5 Å². The summed E-state index contributed by atoms with van der Waals surface area (Å²) in [6, 6.07) is 22.5. The smallest absolute Gasteiger partial charge is 0.244 e. The first-order chi connectivity index (χ1) is 15.3. The minimum absolute atomic E-state index is 0.138. The van der Waals surface area contributed by atoms with Crippen LogP contribution in [0.25, 0.3) is 22.5 Å². The number of nitrogens with zero attached hydrogens (tertiary/aromatic N) is 5. The minimum atomic E-state index is 0.138. The van der Waals surface area contributed by atoms with Crippen molar-refractivity contribution in [2.45, 2.75) is 12.1 Å². The van der Waals surface area contributed by atoms with Gasteiger partial charge in [0.25, 0.3) is 0 Å². The minimum Gasteiger partial charge on any atom is -0.350 e. The van der Waals surface area contributed by atoms with Gasteiger partial charge in [0, 0.05) is 18.2 Å². The van der Waals surface area contributed by atoms with Crippen molar-refractivity contribution in [1.82, 2.24) is 14.9 Å². The fraction of sp³-hybridized carbons (Fsp3) is 0.120. The van der Waals surface area contributed by atoms with Crippen LogP contribution < -0.4 is 5.43 Å². The molecule has 2 aromatic carbocycles. The third-order valence-electron chi connectivity index (χ3n) is 5.38. The SMILES string of the molecule is CN1C(/C=N\Nc2nc(-c3ccccc3)cc(-c3ccccc3)n2)=N[C@@H]2C=CC=C[C@H]21. The van der Waals surface area contributed by atoms with E-state index in [0.29, 0.717) is 5.95 Å². The van der Waals surface area contributed by atoms with Crippen molar-refractivity contribution in [3.8, 4) is 22.5 Å². The van der Waals surface area contributed by atoms with E-state index in [1.54, 1.807) is 6.21 Å². The van der Waals surface area contributed by atoms with E-state index in [-0.39, 0.29) is 12.1 Å². The highest BCUT2D eigenvalue weighted by molar-refractivity contribution is 6.30. The Hall–Kier alpha value is -4.06. The van der Waals surface area contributed by atoms with Crippen LogP contribution in [0.15, 0.2) is 101 Å². The first kappa shape index (κ1) is 18.9. The Labute approximate surface area is 181 Å². The lowest BCUT2D eigenvalue weighted by Gasteiger charge is -2.22. The highest BCUT2D eigenvalue weighted by Gasteiger charge is 2.30. The molecule has 0 amide bonds. The second-order valence-corrected chi connectivity index (χ2v) is 7.41. The number of rotatable bonds is 5. The van der Waals surface area contributed by atoms with Gasteiger partial charge in [-0.1, -0.05) is 85.0 Å². The van der Waals surface area contributed by atoms with E-state index in [1.807, 2.05) is 79.9 Å². The number of likely N-dealkylation sites (N-methyl/N-ethyl adjacent to an activating group) is 1. The monoisotopic (exact) mass is 406 g/mol. The molecule has 1 aromatic heterocycles. The highest BCUT2D eigenvalue weighted by Crippen LogP contribution is 2.25. The number of aromatic nitrogens is 2. The molecule has 1 N–H and O–H groups in total. The van der Waals surface area contributed by atoms with Gasteiger partial charge in [0.2, 0.25) is 5.95 Å². The van der Waals surface area contributed by atoms with Crippen molar-refractivity contribution in [1.29, 1.82) is 0 Å². The molecule has 6 nitrogen and oxygen atoms in total. The summed E-state index contributed by atoms with van der Waals surface area (Å²) in [5.74, 6) is 1.26. The van der Waals surface area contributed by atoms with Crippen LogP contribution in [0.1, 0.15) is 0 Å². The van der Waals surface area contributed by atoms with Crippen LogP contribution in [-0.2, 0) is 0 Å². The Morgan fingerprint density at radius 3 is 2.10 bits per heavy atom. The highest BCUT2D eigenvalue weighted by atomic mass is 15.4. The maximum absolute atomic E-state index is 4.73. The normalized spacial score (nSPS) is 19.5. The van der Waals surface area contributed by atoms with Gasteiger partial charge in [-0.3, -0.25) is 4.99 Å². The molecule has 0 spiro atoms. The fourth-order valence-corrected chi connectivity index (χ4v) is 3.74. The average Bonchev–Trinajstić information content (AvgIpc) is 3.15. The van der Waals surface area contributed by atoms with Gasteiger partial charge in [0.1, 0.15) is 5.84 Å². The first-order valence-electron chi connectivity index (χ1n) is 10.2. The summed E-state index contributed by atoms with van der Waals surface area (Å²) < 4.78 is 0. The van der Waals surface area contributed by atoms with Gasteiger partial charge >= 0.3 is 0 Å². The standard InChI is InChI=1S/C25H22N6/c1-31-23-15-9-8-14-20(23)27-24(31)17-26-30-25-28-21(18-10-4-2-5-11-18)16-22(29-25)19-12-6-3-7-13-19/h2-17,20,23H,1H3,(H,28,29,30)/b26-17-/t20-,23-/m1/s1. The zero-order valence-corrected chi connectivity index (χ0v) is 17.1. The van der Waals surface area contributed by atoms with Gasteiger partial charge in [-0.2, -0.15) is 5.10 Å². The van der Waals surface area contributed by atoms with Crippen molar-refractivity contribution in [3.63, 3.8) is 0 Å². The van der Waals surface area contributed by atoms with Crippen LogP contribution in [0.5, 0.6) is 0 Å². The van der Waals surface area contributed by atoms with E-state index in [0.717, 1.165) is 28.4 Å². The molecular formula is C25H22N6. The van der Waals surface area contributed by atoms with E-state index in [1.165, 1.54) is 0 Å². The lowest BCUT2D eigenvalue weighted by atomic mass is 10.0. The average molecular weight is 406 g/mol.